The van der Waals surface area contributed by atoms with E-state index in [4.69, 9.17) is 28.0 Å². The zero-order valence-electron chi connectivity index (χ0n) is 15.0. The van der Waals surface area contributed by atoms with Crippen LogP contribution >= 0.6 is 0 Å². The second-order valence-electron chi connectivity index (χ2n) is 3.99. The van der Waals surface area contributed by atoms with Crippen molar-refractivity contribution in [2.45, 2.75) is 19.3 Å². The Balaban J connectivity index is -0.000000139. The van der Waals surface area contributed by atoms with Crippen LogP contribution in [0.2, 0.25) is 0 Å². The van der Waals surface area contributed by atoms with Crippen LogP contribution in [0.4, 0.5) is 0 Å². The van der Waals surface area contributed by atoms with Gasteiger partial charge in [0.2, 0.25) is 0 Å². The van der Waals surface area contributed by atoms with Crippen LogP contribution in [-0.2, 0) is 43.8 Å². The fourth-order valence-corrected chi connectivity index (χ4v) is 2.29. The summed E-state index contributed by atoms with van der Waals surface area (Å²) in [6.07, 6.45) is 6.96. The van der Waals surface area contributed by atoms with E-state index in [1.54, 1.807) is 0 Å². The van der Waals surface area contributed by atoms with Crippen molar-refractivity contribution in [2.75, 3.05) is 32.8 Å². The van der Waals surface area contributed by atoms with Crippen LogP contribution in [0, 0.1) is 33.3 Å². The summed E-state index contributed by atoms with van der Waals surface area (Å²) in [5.74, 6) is 0. The molecule has 0 aromatic rings. The van der Waals surface area contributed by atoms with Gasteiger partial charge >= 0.3 is 169 Å². The van der Waals surface area contributed by atoms with E-state index >= 15 is 0 Å². The summed E-state index contributed by atoms with van der Waals surface area (Å²) in [7, 11) is 0. The average molecular weight is 414 g/mol. The summed E-state index contributed by atoms with van der Waals surface area (Å²) in [5.41, 5.74) is 0. The zero-order valence-corrected chi connectivity index (χ0v) is 16.3. The summed E-state index contributed by atoms with van der Waals surface area (Å²) in [4.78, 5) is 0. The Morgan fingerprint density at radius 2 is 1.30 bits per heavy atom. The van der Waals surface area contributed by atoms with Gasteiger partial charge in [-0.15, -0.1) is 0 Å². The molecule has 0 unspecified atom stereocenters. The predicted octanol–water partition coefficient (Wildman–Crippen LogP) is 1.57. The third-order valence-corrected chi connectivity index (χ3v) is 3.37. The Morgan fingerprint density at radius 1 is 0.889 bits per heavy atom. The van der Waals surface area contributed by atoms with E-state index in [2.05, 4.69) is 72.3 Å². The fraction of sp³-hybridized carbons (Fsp3) is 0.444. The van der Waals surface area contributed by atoms with Crippen molar-refractivity contribution >= 4 is 4.50 Å². The van der Waals surface area contributed by atoms with E-state index in [1.807, 2.05) is 12.2 Å². The van der Waals surface area contributed by atoms with Crippen LogP contribution in [0.5, 0.6) is 0 Å². The SMILES string of the molecule is C=CCC[C](=[Cr])N(CCC=C)N1CCOCC1.[C-]#[O+].[C-]#[O+].[C-]#[O+].[C-]#[O+].[C-]#[O+]. The molecule has 0 atom stereocenters. The Bertz CT molecular complexity index is 416. The molecule has 0 aromatic carbocycles. The van der Waals surface area contributed by atoms with Gasteiger partial charge in [0.05, 0.1) is 0 Å². The molecule has 146 valence electrons. The molecule has 0 spiro atoms. The average Bonchev–Trinajstić information content (AvgIpc) is 2.80. The zero-order chi connectivity index (χ0) is 22.5. The van der Waals surface area contributed by atoms with Crippen LogP contribution in [-0.4, -0.2) is 47.4 Å². The number of ether oxygens (including phenoxy) is 1. The number of nitrogens with zero attached hydrogens (tertiary/aromatic N) is 2. The summed E-state index contributed by atoms with van der Waals surface area (Å²) in [6, 6.07) is 0. The van der Waals surface area contributed by atoms with Gasteiger partial charge in [0.1, 0.15) is 0 Å². The molecule has 1 aliphatic rings. The molecular formula is C18H22CrN2O6. The number of rotatable bonds is 8. The molecule has 9 heteroatoms. The molecule has 0 radical (unpaired) electrons. The van der Waals surface area contributed by atoms with Gasteiger partial charge in [-0.25, -0.2) is 0 Å². The van der Waals surface area contributed by atoms with Crippen molar-refractivity contribution in [2.24, 2.45) is 0 Å². The number of allylic oxidation sites excluding steroid dienone is 1. The van der Waals surface area contributed by atoms with E-state index in [1.165, 1.54) is 4.50 Å². The molecule has 0 amide bonds. The standard InChI is InChI=1S/C13H22N2O.5CO.Cr/c1-3-5-7-9-14(8-6-4-2)15-10-12-16-13-11-15;5*1-2;/h3-4H,1-2,5-8,10-13H2;;;;;;. The summed E-state index contributed by atoms with van der Waals surface area (Å²) in [6.45, 7) is 34.6. The van der Waals surface area contributed by atoms with Crippen LogP contribution in [0.3, 0.4) is 0 Å². The molecule has 0 aromatic heterocycles. The molecule has 1 aliphatic heterocycles. The van der Waals surface area contributed by atoms with Crippen molar-refractivity contribution in [3.63, 3.8) is 0 Å². The first-order valence-corrected chi connectivity index (χ1v) is 7.80. The van der Waals surface area contributed by atoms with Crippen molar-refractivity contribution in [1.82, 2.24) is 10.0 Å². The van der Waals surface area contributed by atoms with Gasteiger partial charge in [-0.1, -0.05) is 0 Å². The van der Waals surface area contributed by atoms with Crippen molar-refractivity contribution in [1.29, 1.82) is 0 Å². The summed E-state index contributed by atoms with van der Waals surface area (Å²) in [5, 5.41) is 4.70. The number of hydrogen-bond acceptors (Lipinski definition) is 3. The molecule has 1 fully saturated rings. The van der Waals surface area contributed by atoms with E-state index in [9.17, 15) is 0 Å². The molecule has 8 nitrogen and oxygen atoms in total. The van der Waals surface area contributed by atoms with Gasteiger partial charge in [-0.3, -0.25) is 0 Å². The molecule has 0 N–H and O–H groups in total. The fourth-order valence-electron chi connectivity index (χ4n) is 1.79. The Morgan fingerprint density at radius 3 is 1.67 bits per heavy atom. The molecule has 0 aliphatic carbocycles. The molecular weight excluding hydrogens is 392 g/mol. The minimum atomic E-state index is 0.819. The molecule has 1 rings (SSSR count). The monoisotopic (exact) mass is 414 g/mol. The molecule has 0 bridgehead atoms. The quantitative estimate of drug-likeness (QED) is 0.341. The van der Waals surface area contributed by atoms with Crippen LogP contribution in [0.25, 0.3) is 0 Å². The van der Waals surface area contributed by atoms with E-state index in [-0.39, 0.29) is 0 Å². The van der Waals surface area contributed by atoms with Gasteiger partial charge < -0.3 is 0 Å². The van der Waals surface area contributed by atoms with Gasteiger partial charge in [0.15, 0.2) is 0 Å². The second-order valence-corrected chi connectivity index (χ2v) is 4.72. The number of hydrazine groups is 1. The van der Waals surface area contributed by atoms with Gasteiger partial charge in [0.25, 0.3) is 0 Å². The first kappa shape index (κ1) is 36.4. The van der Waals surface area contributed by atoms with Gasteiger partial charge in [0, 0.05) is 0 Å². The Kier molecular flexibility index (Phi) is 53.2. The van der Waals surface area contributed by atoms with Crippen molar-refractivity contribution < 1.29 is 43.8 Å². The maximum absolute atomic E-state index is 7.50. The van der Waals surface area contributed by atoms with Gasteiger partial charge in [-0.05, 0) is 0 Å². The van der Waals surface area contributed by atoms with Crippen molar-refractivity contribution in [3.8, 4) is 0 Å². The normalized spacial score (nSPS) is 11.1. The van der Waals surface area contributed by atoms with Crippen molar-refractivity contribution in [3.05, 3.63) is 58.6 Å². The number of morpholine rings is 1. The minimum absolute atomic E-state index is 0.819. The Labute approximate surface area is 169 Å². The predicted molar refractivity (Wildman–Crippen MR) is 88.0 cm³/mol. The summed E-state index contributed by atoms with van der Waals surface area (Å²) >= 11 is 3.20. The van der Waals surface area contributed by atoms with Crippen LogP contribution in [0.15, 0.2) is 25.3 Å². The third-order valence-electron chi connectivity index (χ3n) is 2.72. The Hall–Kier alpha value is -1.54. The first-order valence-electron chi connectivity index (χ1n) is 7.16. The topological polar surface area (TPSA) is 115 Å². The summed E-state index contributed by atoms with van der Waals surface area (Å²) < 4.78 is 44.2. The van der Waals surface area contributed by atoms with E-state index in [0.29, 0.717) is 0 Å². The molecule has 1 heterocycles. The molecule has 1 saturated heterocycles. The number of hydrogen-bond donors (Lipinski definition) is 0. The van der Waals surface area contributed by atoms with Gasteiger partial charge in [-0.2, -0.15) is 0 Å². The second kappa shape index (κ2) is 39.5. The van der Waals surface area contributed by atoms with Crippen LogP contribution < -0.4 is 0 Å². The molecule has 27 heavy (non-hydrogen) atoms. The van der Waals surface area contributed by atoms with Crippen LogP contribution in [0.1, 0.15) is 19.3 Å². The van der Waals surface area contributed by atoms with E-state index in [0.717, 1.165) is 52.1 Å². The molecule has 0 saturated carbocycles. The maximum atomic E-state index is 7.50. The van der Waals surface area contributed by atoms with E-state index < -0.39 is 0 Å². The first-order chi connectivity index (χ1) is 13.3. The third kappa shape index (κ3) is 24.5.